The maximum Gasteiger partial charge on any atom is 0.529 e. The van der Waals surface area contributed by atoms with Crippen LogP contribution in [0.4, 0.5) is 4.39 Å². The van der Waals surface area contributed by atoms with Gasteiger partial charge in [-0.1, -0.05) is 12.1 Å². The lowest BCUT2D eigenvalue weighted by molar-refractivity contribution is 0.00578. The van der Waals surface area contributed by atoms with Crippen LogP contribution in [0, 0.1) is 0 Å². The summed E-state index contributed by atoms with van der Waals surface area (Å²) in [5.74, 6) is -0.458. The van der Waals surface area contributed by atoms with E-state index in [1.165, 1.54) is 26.4 Å². The zero-order chi connectivity index (χ0) is 18.1. The predicted octanol–water partition coefficient (Wildman–Crippen LogP) is 3.39. The molecule has 1 aliphatic rings. The quantitative estimate of drug-likeness (QED) is 0.479. The maximum atomic E-state index is 14.9. The maximum absolute atomic E-state index is 14.9. The van der Waals surface area contributed by atoms with E-state index >= 15 is 0 Å². The van der Waals surface area contributed by atoms with Gasteiger partial charge >= 0.3 is 13.1 Å². The highest BCUT2D eigenvalue weighted by atomic mass is 19.1. The van der Waals surface area contributed by atoms with Crippen LogP contribution in [0.2, 0.25) is 0 Å². The van der Waals surface area contributed by atoms with E-state index < -0.39 is 30.0 Å². The van der Waals surface area contributed by atoms with Gasteiger partial charge in [-0.2, -0.15) is 0 Å². The Hall–Kier alpha value is -1.86. The molecule has 1 aliphatic heterocycles. The van der Waals surface area contributed by atoms with Crippen molar-refractivity contribution in [3.05, 3.63) is 41.1 Å². The highest BCUT2D eigenvalue weighted by Gasteiger charge is 2.54. The van der Waals surface area contributed by atoms with Crippen molar-refractivity contribution >= 4 is 18.8 Å². The van der Waals surface area contributed by atoms with Crippen molar-refractivity contribution in [2.24, 2.45) is 0 Å². The Kier molecular flexibility index (Phi) is 5.06. The van der Waals surface area contributed by atoms with Crippen molar-refractivity contribution in [2.75, 3.05) is 14.2 Å². The van der Waals surface area contributed by atoms with Crippen LogP contribution >= 0.6 is 0 Å². The summed E-state index contributed by atoms with van der Waals surface area (Å²) in [6.07, 6.45) is 0. The molecule has 1 aromatic carbocycles. The fourth-order valence-corrected chi connectivity index (χ4v) is 2.28. The van der Waals surface area contributed by atoms with Gasteiger partial charge in [0.2, 0.25) is 0 Å². The number of esters is 1. The van der Waals surface area contributed by atoms with Crippen molar-refractivity contribution in [2.45, 2.75) is 38.9 Å². The number of carbonyl (C=O) groups excluding carboxylic acids is 1. The second-order valence-corrected chi connectivity index (χ2v) is 6.54. The topological polar surface area (TPSA) is 54.0 Å². The smallest absolute Gasteiger partial charge is 0.494 e. The molecular formula is C17H22BFO5. The second kappa shape index (κ2) is 6.57. The molecule has 130 valence electrons. The van der Waals surface area contributed by atoms with Crippen molar-refractivity contribution in [3.63, 3.8) is 0 Å². The normalized spacial score (nSPS) is 19.7. The molecule has 0 atom stereocenters. The van der Waals surface area contributed by atoms with Crippen molar-refractivity contribution < 1.29 is 28.0 Å². The third-order valence-corrected chi connectivity index (χ3v) is 4.45. The molecule has 0 aromatic heterocycles. The molecule has 0 bridgehead atoms. The second-order valence-electron chi connectivity index (χ2n) is 6.54. The molecule has 1 saturated heterocycles. The monoisotopic (exact) mass is 336 g/mol. The third kappa shape index (κ3) is 3.32. The number of methoxy groups -OCH3 is 2. The number of hydrogen-bond acceptors (Lipinski definition) is 5. The molecule has 0 spiro atoms. The summed E-state index contributed by atoms with van der Waals surface area (Å²) in [5.41, 5.74) is -1.11. The lowest BCUT2D eigenvalue weighted by atomic mass is 9.85. The van der Waals surface area contributed by atoms with Crippen LogP contribution in [0.15, 0.2) is 30.0 Å². The SMILES string of the molecule is COC(=O)c1ccc(/C(OC)=C(\F)B2OC(C)(C)C(C)(C)O2)cc1. The van der Waals surface area contributed by atoms with Crippen molar-refractivity contribution in [3.8, 4) is 0 Å². The number of carbonyl (C=O) groups is 1. The molecule has 0 N–H and O–H groups in total. The van der Waals surface area contributed by atoms with Gasteiger partial charge in [-0.25, -0.2) is 9.18 Å². The number of rotatable bonds is 4. The lowest BCUT2D eigenvalue weighted by Crippen LogP contribution is -2.41. The molecule has 0 aliphatic carbocycles. The van der Waals surface area contributed by atoms with Crippen LogP contribution in [0.5, 0.6) is 0 Å². The predicted molar refractivity (Wildman–Crippen MR) is 88.9 cm³/mol. The largest absolute Gasteiger partial charge is 0.529 e. The van der Waals surface area contributed by atoms with E-state index in [1.807, 2.05) is 27.7 Å². The number of halogens is 1. The Balaban J connectivity index is 2.33. The fourth-order valence-electron chi connectivity index (χ4n) is 2.28. The van der Waals surface area contributed by atoms with E-state index in [2.05, 4.69) is 4.74 Å². The fraction of sp³-hybridized carbons (Fsp3) is 0.471. The van der Waals surface area contributed by atoms with Gasteiger partial charge in [-0.05, 0) is 39.8 Å². The number of hydrogen-bond donors (Lipinski definition) is 0. The molecule has 2 rings (SSSR count). The van der Waals surface area contributed by atoms with Crippen molar-refractivity contribution in [1.29, 1.82) is 0 Å². The van der Waals surface area contributed by atoms with E-state index in [0.29, 0.717) is 11.1 Å². The van der Waals surface area contributed by atoms with Crippen LogP contribution in [0.3, 0.4) is 0 Å². The first kappa shape index (κ1) is 18.5. The Morgan fingerprint density at radius 1 is 0.958 bits per heavy atom. The van der Waals surface area contributed by atoms with Crippen LogP contribution in [-0.2, 0) is 18.8 Å². The molecule has 0 radical (unpaired) electrons. The molecule has 5 nitrogen and oxygen atoms in total. The number of ether oxygens (including phenoxy) is 2. The minimum absolute atomic E-state index is 0.00455. The Labute approximate surface area is 141 Å². The summed E-state index contributed by atoms with van der Waals surface area (Å²) in [6.45, 7) is 7.38. The first-order chi connectivity index (χ1) is 11.1. The van der Waals surface area contributed by atoms with Crippen molar-refractivity contribution in [1.82, 2.24) is 0 Å². The van der Waals surface area contributed by atoms with Gasteiger partial charge in [0.05, 0.1) is 31.0 Å². The van der Waals surface area contributed by atoms with Crippen LogP contribution < -0.4 is 0 Å². The van der Waals surface area contributed by atoms with Gasteiger partial charge in [0, 0.05) is 5.56 Å². The van der Waals surface area contributed by atoms with Gasteiger partial charge in [0.15, 0.2) is 11.5 Å². The minimum atomic E-state index is -1.15. The summed E-state index contributed by atoms with van der Waals surface area (Å²) >= 11 is 0. The average Bonchev–Trinajstić information content (AvgIpc) is 2.76. The molecule has 24 heavy (non-hydrogen) atoms. The first-order valence-electron chi connectivity index (χ1n) is 7.61. The zero-order valence-corrected chi connectivity index (χ0v) is 14.8. The van der Waals surface area contributed by atoms with E-state index in [1.54, 1.807) is 12.1 Å². The van der Waals surface area contributed by atoms with Gasteiger partial charge < -0.3 is 18.8 Å². The Bertz CT molecular complexity index is 635. The summed E-state index contributed by atoms with van der Waals surface area (Å²) in [5, 5.41) is 0. The standard InChI is InChI=1S/C17H22BFO5/c1-16(2)17(3,4)24-18(23-16)14(19)13(21-5)11-7-9-12(10-8-11)15(20)22-6/h7-10H,1-6H3/b14-13+. The zero-order valence-electron chi connectivity index (χ0n) is 14.8. The molecule has 7 heteroatoms. The summed E-state index contributed by atoms with van der Waals surface area (Å²) in [6, 6.07) is 6.24. The molecule has 0 saturated carbocycles. The highest BCUT2D eigenvalue weighted by molar-refractivity contribution is 6.55. The average molecular weight is 336 g/mol. The summed E-state index contributed by atoms with van der Waals surface area (Å²) in [7, 11) is 1.52. The molecule has 1 fully saturated rings. The van der Waals surface area contributed by atoms with E-state index in [-0.39, 0.29) is 5.76 Å². The molecule has 0 amide bonds. The van der Waals surface area contributed by atoms with Crippen LogP contribution in [0.1, 0.15) is 43.6 Å². The van der Waals surface area contributed by atoms with Gasteiger partial charge in [0.25, 0.3) is 0 Å². The van der Waals surface area contributed by atoms with E-state index in [4.69, 9.17) is 14.0 Å². The highest BCUT2D eigenvalue weighted by Crippen LogP contribution is 2.40. The summed E-state index contributed by atoms with van der Waals surface area (Å²) in [4.78, 5) is 11.5. The van der Waals surface area contributed by atoms with E-state index in [9.17, 15) is 9.18 Å². The Morgan fingerprint density at radius 2 is 1.42 bits per heavy atom. The van der Waals surface area contributed by atoms with Gasteiger partial charge in [0.1, 0.15) is 0 Å². The molecule has 1 aromatic rings. The minimum Gasteiger partial charge on any atom is -0.494 e. The van der Waals surface area contributed by atoms with Crippen LogP contribution in [-0.4, -0.2) is 38.5 Å². The first-order valence-corrected chi connectivity index (χ1v) is 7.61. The van der Waals surface area contributed by atoms with Gasteiger partial charge in [-0.3, -0.25) is 0 Å². The van der Waals surface area contributed by atoms with Crippen LogP contribution in [0.25, 0.3) is 5.76 Å². The Morgan fingerprint density at radius 3 is 1.83 bits per heavy atom. The molecule has 0 unspecified atom stereocenters. The molecule has 1 heterocycles. The molecular weight excluding hydrogens is 314 g/mol. The number of benzene rings is 1. The van der Waals surface area contributed by atoms with E-state index in [0.717, 1.165) is 0 Å². The third-order valence-electron chi connectivity index (χ3n) is 4.45. The van der Waals surface area contributed by atoms with Gasteiger partial charge in [-0.15, -0.1) is 0 Å². The summed E-state index contributed by atoms with van der Waals surface area (Å²) < 4.78 is 36.1. The lowest BCUT2D eigenvalue weighted by Gasteiger charge is -2.32.